The summed E-state index contributed by atoms with van der Waals surface area (Å²) >= 11 is 0. The first-order chi connectivity index (χ1) is 10.6. The van der Waals surface area contributed by atoms with Crippen molar-refractivity contribution in [2.45, 2.75) is 19.4 Å². The second kappa shape index (κ2) is 7.33. The normalized spacial score (nSPS) is 10.4. The summed E-state index contributed by atoms with van der Waals surface area (Å²) in [6.45, 7) is 0.122. The molecule has 0 aromatic heterocycles. The van der Waals surface area contributed by atoms with Gasteiger partial charge in [0.25, 0.3) is 0 Å². The number of aromatic hydroxyl groups is 3. The van der Waals surface area contributed by atoms with E-state index in [0.29, 0.717) is 18.4 Å². The highest BCUT2D eigenvalue weighted by Gasteiger charge is 2.10. The van der Waals surface area contributed by atoms with Crippen molar-refractivity contribution < 1.29 is 20.1 Å². The topological polar surface area (TPSA) is 102 Å². The number of carbonyl (C=O) groups excluding carboxylic acids is 1. The van der Waals surface area contributed by atoms with E-state index in [1.165, 1.54) is 12.1 Å². The molecule has 0 aliphatic heterocycles. The molecule has 2 aromatic rings. The first-order valence-electron chi connectivity index (χ1n) is 6.86. The highest BCUT2D eigenvalue weighted by Crippen LogP contribution is 2.36. The molecule has 0 saturated carbocycles. The van der Waals surface area contributed by atoms with Gasteiger partial charge in [0.05, 0.1) is 0 Å². The number of hydrogen-bond donors (Lipinski definition) is 5. The monoisotopic (exact) mass is 302 g/mol. The van der Waals surface area contributed by atoms with Gasteiger partial charge in [-0.2, -0.15) is 0 Å². The molecule has 2 aromatic carbocycles. The van der Waals surface area contributed by atoms with Gasteiger partial charge in [-0.25, -0.2) is 5.43 Å². The van der Waals surface area contributed by atoms with Crippen LogP contribution in [0.2, 0.25) is 0 Å². The van der Waals surface area contributed by atoms with E-state index in [1.54, 1.807) is 0 Å². The van der Waals surface area contributed by atoms with Crippen molar-refractivity contribution in [3.63, 3.8) is 0 Å². The highest BCUT2D eigenvalue weighted by atomic mass is 16.3. The lowest BCUT2D eigenvalue weighted by Crippen LogP contribution is -2.36. The van der Waals surface area contributed by atoms with Gasteiger partial charge in [-0.05, 0) is 18.1 Å². The van der Waals surface area contributed by atoms with Gasteiger partial charge < -0.3 is 15.3 Å². The third-order valence-corrected chi connectivity index (χ3v) is 3.20. The van der Waals surface area contributed by atoms with Gasteiger partial charge in [0.2, 0.25) is 11.7 Å². The Kier molecular flexibility index (Phi) is 5.21. The van der Waals surface area contributed by atoms with Crippen LogP contribution in [0.5, 0.6) is 17.2 Å². The van der Waals surface area contributed by atoms with E-state index in [1.807, 2.05) is 30.3 Å². The molecule has 0 saturated heterocycles. The molecule has 0 spiro atoms. The minimum absolute atomic E-state index is 0.122. The number of carbonyl (C=O) groups is 1. The number of hydrazine groups is 1. The largest absolute Gasteiger partial charge is 0.504 e. The molecule has 1 amide bonds. The molecule has 0 atom stereocenters. The van der Waals surface area contributed by atoms with Crippen LogP contribution in [0, 0.1) is 0 Å². The van der Waals surface area contributed by atoms with Crippen LogP contribution in [0.4, 0.5) is 0 Å². The zero-order valence-corrected chi connectivity index (χ0v) is 11.9. The maximum Gasteiger partial charge on any atom is 0.234 e. The number of phenols is 3. The highest BCUT2D eigenvalue weighted by molar-refractivity contribution is 5.75. The molecular formula is C16H18N2O4. The summed E-state index contributed by atoms with van der Waals surface area (Å²) in [5.41, 5.74) is 6.63. The third-order valence-electron chi connectivity index (χ3n) is 3.20. The minimum Gasteiger partial charge on any atom is -0.504 e. The summed E-state index contributed by atoms with van der Waals surface area (Å²) in [5.74, 6) is -1.56. The Hall–Kier alpha value is -2.73. The van der Waals surface area contributed by atoms with Gasteiger partial charge in [-0.1, -0.05) is 36.4 Å². The van der Waals surface area contributed by atoms with Crippen LogP contribution in [0.25, 0.3) is 0 Å². The second-order valence-electron chi connectivity index (χ2n) is 4.83. The summed E-state index contributed by atoms with van der Waals surface area (Å²) < 4.78 is 0. The summed E-state index contributed by atoms with van der Waals surface area (Å²) in [6, 6.07) is 12.4. The smallest absolute Gasteiger partial charge is 0.234 e. The van der Waals surface area contributed by atoms with Crippen LogP contribution in [0.3, 0.4) is 0 Å². The first kappa shape index (κ1) is 15.7. The lowest BCUT2D eigenvalue weighted by molar-refractivity contribution is -0.122. The van der Waals surface area contributed by atoms with E-state index in [9.17, 15) is 20.1 Å². The molecule has 116 valence electrons. The molecule has 0 aliphatic carbocycles. The van der Waals surface area contributed by atoms with Gasteiger partial charge in [0.15, 0.2) is 11.5 Å². The Morgan fingerprint density at radius 2 is 1.68 bits per heavy atom. The maximum atomic E-state index is 11.7. The van der Waals surface area contributed by atoms with Crippen molar-refractivity contribution in [3.05, 3.63) is 53.6 Å². The Labute approximate surface area is 128 Å². The van der Waals surface area contributed by atoms with Crippen molar-refractivity contribution >= 4 is 5.91 Å². The van der Waals surface area contributed by atoms with E-state index in [4.69, 9.17) is 0 Å². The summed E-state index contributed by atoms with van der Waals surface area (Å²) in [7, 11) is 0. The zero-order valence-electron chi connectivity index (χ0n) is 11.9. The van der Waals surface area contributed by atoms with E-state index < -0.39 is 17.2 Å². The minimum atomic E-state index is -0.574. The SMILES string of the molecule is O=C(CCc1ccccc1)NNCc1ccc(O)c(O)c1O. The number of benzene rings is 2. The lowest BCUT2D eigenvalue weighted by Gasteiger charge is -2.10. The van der Waals surface area contributed by atoms with Gasteiger partial charge >= 0.3 is 0 Å². The standard InChI is InChI=1S/C16H18N2O4/c19-13-8-7-12(15(21)16(13)22)10-17-18-14(20)9-6-11-4-2-1-3-5-11/h1-5,7-8,17,19,21-22H,6,9-10H2,(H,18,20). The van der Waals surface area contributed by atoms with Crippen LogP contribution >= 0.6 is 0 Å². The molecule has 6 nitrogen and oxygen atoms in total. The van der Waals surface area contributed by atoms with Gasteiger partial charge in [0, 0.05) is 18.5 Å². The first-order valence-corrected chi connectivity index (χ1v) is 6.86. The fourth-order valence-electron chi connectivity index (χ4n) is 1.96. The van der Waals surface area contributed by atoms with Crippen molar-refractivity contribution in [3.8, 4) is 17.2 Å². The average Bonchev–Trinajstić information content (AvgIpc) is 2.54. The van der Waals surface area contributed by atoms with Crippen LogP contribution in [0.15, 0.2) is 42.5 Å². The number of nitrogens with one attached hydrogen (secondary N) is 2. The van der Waals surface area contributed by atoms with Crippen molar-refractivity contribution in [1.82, 2.24) is 10.9 Å². The van der Waals surface area contributed by atoms with Gasteiger partial charge in [-0.3, -0.25) is 10.2 Å². The van der Waals surface area contributed by atoms with Crippen molar-refractivity contribution in [1.29, 1.82) is 0 Å². The van der Waals surface area contributed by atoms with E-state index in [-0.39, 0.29) is 12.5 Å². The molecule has 0 unspecified atom stereocenters. The van der Waals surface area contributed by atoms with Crippen molar-refractivity contribution in [2.75, 3.05) is 0 Å². The number of phenolic OH excluding ortho intramolecular Hbond substituents is 3. The molecule has 0 heterocycles. The summed E-state index contributed by atoms with van der Waals surface area (Å²) in [4.78, 5) is 11.7. The van der Waals surface area contributed by atoms with Crippen LogP contribution < -0.4 is 10.9 Å². The second-order valence-corrected chi connectivity index (χ2v) is 4.83. The number of rotatable bonds is 6. The molecule has 0 radical (unpaired) electrons. The predicted molar refractivity (Wildman–Crippen MR) is 81.2 cm³/mol. The zero-order chi connectivity index (χ0) is 15.9. The molecule has 0 fully saturated rings. The van der Waals surface area contributed by atoms with Gasteiger partial charge in [-0.15, -0.1) is 0 Å². The average molecular weight is 302 g/mol. The van der Waals surface area contributed by atoms with Crippen molar-refractivity contribution in [2.24, 2.45) is 0 Å². The molecule has 0 bridgehead atoms. The van der Waals surface area contributed by atoms with E-state index in [0.717, 1.165) is 5.56 Å². The van der Waals surface area contributed by atoms with E-state index >= 15 is 0 Å². The van der Waals surface area contributed by atoms with Gasteiger partial charge in [0.1, 0.15) is 0 Å². The molecular weight excluding hydrogens is 284 g/mol. The lowest BCUT2D eigenvalue weighted by atomic mass is 10.1. The predicted octanol–water partition coefficient (Wildman–Crippen LogP) is 1.56. The fraction of sp³-hybridized carbons (Fsp3) is 0.188. The maximum absolute atomic E-state index is 11.7. The van der Waals surface area contributed by atoms with Crippen LogP contribution in [-0.2, 0) is 17.8 Å². The van der Waals surface area contributed by atoms with E-state index in [2.05, 4.69) is 10.9 Å². The quantitative estimate of drug-likeness (QED) is 0.412. The number of aryl methyl sites for hydroxylation is 1. The Morgan fingerprint density at radius 1 is 0.955 bits per heavy atom. The Bertz CT molecular complexity index is 644. The number of amides is 1. The third kappa shape index (κ3) is 4.13. The molecule has 5 N–H and O–H groups in total. The van der Waals surface area contributed by atoms with Crippen LogP contribution in [0.1, 0.15) is 17.5 Å². The Balaban J connectivity index is 1.77. The summed E-state index contributed by atoms with van der Waals surface area (Å²) in [5, 5.41) is 28.2. The number of hydrogen-bond acceptors (Lipinski definition) is 5. The molecule has 22 heavy (non-hydrogen) atoms. The molecule has 6 heteroatoms. The Morgan fingerprint density at radius 3 is 2.41 bits per heavy atom. The molecule has 2 rings (SSSR count). The fourth-order valence-corrected chi connectivity index (χ4v) is 1.96. The van der Waals surface area contributed by atoms with Crippen LogP contribution in [-0.4, -0.2) is 21.2 Å². The summed E-state index contributed by atoms with van der Waals surface area (Å²) in [6.07, 6.45) is 0.976. The molecule has 0 aliphatic rings.